The molecule has 5 rings (SSSR count). The first kappa shape index (κ1) is 13.5. The summed E-state index contributed by atoms with van der Waals surface area (Å²) in [6.07, 6.45) is 2.15. The van der Waals surface area contributed by atoms with Gasteiger partial charge < -0.3 is 0 Å². The van der Waals surface area contributed by atoms with E-state index in [0.29, 0.717) is 6.04 Å². The minimum atomic E-state index is 0.477. The average Bonchev–Trinajstić information content (AvgIpc) is 2.58. The Hall–Kier alpha value is -1.90. The van der Waals surface area contributed by atoms with Gasteiger partial charge in [-0.3, -0.25) is 9.88 Å². The van der Waals surface area contributed by atoms with Crippen molar-refractivity contribution in [2.24, 2.45) is 0 Å². The number of rotatable bonds is 0. The first-order valence-corrected chi connectivity index (χ1v) is 8.56. The third kappa shape index (κ3) is 2.17. The zero-order valence-corrected chi connectivity index (χ0v) is 13.6. The van der Waals surface area contributed by atoms with E-state index in [1.807, 2.05) is 18.2 Å². The summed E-state index contributed by atoms with van der Waals surface area (Å²) >= 11 is 6.13. The van der Waals surface area contributed by atoms with E-state index < -0.39 is 0 Å². The smallest absolute Gasteiger partial charge is 0.0706 e. The molecule has 0 amide bonds. The van der Waals surface area contributed by atoms with Crippen LogP contribution in [0.25, 0.3) is 10.9 Å². The van der Waals surface area contributed by atoms with E-state index in [9.17, 15) is 0 Å². The highest BCUT2D eigenvalue weighted by Crippen LogP contribution is 2.38. The van der Waals surface area contributed by atoms with Gasteiger partial charge in [-0.05, 0) is 47.4 Å². The molecular formula is C20H17ClN2. The van der Waals surface area contributed by atoms with Gasteiger partial charge in [0.05, 0.1) is 5.52 Å². The molecule has 0 saturated carbocycles. The number of nitrogens with zero attached hydrogens (tertiary/aromatic N) is 2. The van der Waals surface area contributed by atoms with Crippen molar-refractivity contribution in [3.63, 3.8) is 0 Å². The average molecular weight is 321 g/mol. The summed E-state index contributed by atoms with van der Waals surface area (Å²) in [5.74, 6) is 0. The fourth-order valence-electron chi connectivity index (χ4n) is 4.08. The predicted molar refractivity (Wildman–Crippen MR) is 93.8 cm³/mol. The zero-order chi connectivity index (χ0) is 15.4. The van der Waals surface area contributed by atoms with Crippen molar-refractivity contribution < 1.29 is 0 Å². The van der Waals surface area contributed by atoms with E-state index >= 15 is 0 Å². The molecule has 1 atom stereocenters. The third-order valence-electron chi connectivity index (χ3n) is 5.23. The number of halogens is 1. The minimum Gasteiger partial charge on any atom is -0.291 e. The molecule has 2 aliphatic heterocycles. The molecule has 2 aromatic carbocycles. The lowest BCUT2D eigenvalue weighted by atomic mass is 9.86. The Morgan fingerprint density at radius 2 is 1.96 bits per heavy atom. The van der Waals surface area contributed by atoms with Crippen LogP contribution in [0.15, 0.2) is 48.5 Å². The van der Waals surface area contributed by atoms with Crippen LogP contribution in [0.2, 0.25) is 5.02 Å². The highest BCUT2D eigenvalue weighted by molar-refractivity contribution is 6.31. The van der Waals surface area contributed by atoms with Crippen LogP contribution in [0.5, 0.6) is 0 Å². The molecule has 114 valence electrons. The molecule has 0 saturated heterocycles. The minimum absolute atomic E-state index is 0.477. The van der Waals surface area contributed by atoms with Crippen LogP contribution in [-0.2, 0) is 19.4 Å². The molecule has 2 nitrogen and oxygen atoms in total. The van der Waals surface area contributed by atoms with E-state index in [-0.39, 0.29) is 0 Å². The number of hydrogen-bond acceptors (Lipinski definition) is 2. The SMILES string of the molecule is Clc1ccc2nc3c(cc2c1)CN1CCc2ccccc2C1C3. The Morgan fingerprint density at radius 3 is 2.91 bits per heavy atom. The van der Waals surface area contributed by atoms with Gasteiger partial charge in [-0.2, -0.15) is 0 Å². The fraction of sp³-hybridized carbons (Fsp3) is 0.250. The Balaban J connectivity index is 1.62. The number of fused-ring (bicyclic) bond motifs is 5. The van der Waals surface area contributed by atoms with Gasteiger partial charge >= 0.3 is 0 Å². The van der Waals surface area contributed by atoms with E-state index in [0.717, 1.165) is 41.9 Å². The largest absolute Gasteiger partial charge is 0.291 e. The Bertz CT molecular complexity index is 919. The second kappa shape index (κ2) is 5.05. The lowest BCUT2D eigenvalue weighted by molar-refractivity contribution is 0.159. The summed E-state index contributed by atoms with van der Waals surface area (Å²) in [4.78, 5) is 7.54. The summed E-state index contributed by atoms with van der Waals surface area (Å²) in [6, 6.07) is 17.6. The van der Waals surface area contributed by atoms with Crippen molar-refractivity contribution in [1.82, 2.24) is 9.88 Å². The second-order valence-electron chi connectivity index (χ2n) is 6.57. The molecule has 0 radical (unpaired) electrons. The van der Waals surface area contributed by atoms with Gasteiger partial charge in [0.25, 0.3) is 0 Å². The molecule has 0 N–H and O–H groups in total. The summed E-state index contributed by atoms with van der Waals surface area (Å²) < 4.78 is 0. The maximum Gasteiger partial charge on any atom is 0.0706 e. The third-order valence-corrected chi connectivity index (χ3v) is 5.46. The summed E-state index contributed by atoms with van der Waals surface area (Å²) in [6.45, 7) is 2.12. The quantitative estimate of drug-likeness (QED) is 0.604. The number of aromatic nitrogens is 1. The Kier molecular flexibility index (Phi) is 2.97. The van der Waals surface area contributed by atoms with Crippen LogP contribution in [0, 0.1) is 0 Å². The molecule has 1 unspecified atom stereocenters. The highest BCUT2D eigenvalue weighted by Gasteiger charge is 2.32. The molecule has 3 heteroatoms. The molecule has 0 bridgehead atoms. The van der Waals surface area contributed by atoms with E-state index in [4.69, 9.17) is 16.6 Å². The Morgan fingerprint density at radius 1 is 1.04 bits per heavy atom. The normalized spacial score (nSPS) is 20.0. The van der Waals surface area contributed by atoms with E-state index in [1.54, 1.807) is 0 Å². The standard InChI is InChI=1S/C20H17ClN2/c21-16-5-6-18-14(10-16)9-15-12-23-8-7-13-3-1-2-4-17(13)20(23)11-19(15)22-18/h1-6,9-10,20H,7-8,11-12H2. The molecule has 2 aliphatic rings. The molecule has 0 aliphatic carbocycles. The maximum absolute atomic E-state index is 6.13. The van der Waals surface area contributed by atoms with Crippen molar-refractivity contribution in [2.75, 3.05) is 6.54 Å². The molecule has 0 fully saturated rings. The lowest BCUT2D eigenvalue weighted by Crippen LogP contribution is -2.39. The summed E-state index contributed by atoms with van der Waals surface area (Å²) in [5.41, 5.74) is 6.64. The molecule has 0 spiro atoms. The van der Waals surface area contributed by atoms with Crippen LogP contribution in [0.1, 0.15) is 28.4 Å². The van der Waals surface area contributed by atoms with Crippen molar-refractivity contribution in [2.45, 2.75) is 25.4 Å². The van der Waals surface area contributed by atoms with Gasteiger partial charge in [0.1, 0.15) is 0 Å². The monoisotopic (exact) mass is 320 g/mol. The highest BCUT2D eigenvalue weighted by atomic mass is 35.5. The molecule has 1 aromatic heterocycles. The van der Waals surface area contributed by atoms with Gasteiger partial charge in [-0.1, -0.05) is 35.9 Å². The molecular weight excluding hydrogens is 304 g/mol. The topological polar surface area (TPSA) is 16.1 Å². The van der Waals surface area contributed by atoms with Crippen molar-refractivity contribution in [1.29, 1.82) is 0 Å². The van der Waals surface area contributed by atoms with Crippen LogP contribution in [0.4, 0.5) is 0 Å². The van der Waals surface area contributed by atoms with E-state index in [2.05, 4.69) is 35.2 Å². The second-order valence-corrected chi connectivity index (χ2v) is 7.01. The molecule has 3 heterocycles. The number of benzene rings is 2. The maximum atomic E-state index is 6.13. The zero-order valence-electron chi connectivity index (χ0n) is 12.8. The fourth-order valence-corrected chi connectivity index (χ4v) is 4.26. The Labute approximate surface area is 140 Å². The van der Waals surface area contributed by atoms with Crippen molar-refractivity contribution in [3.8, 4) is 0 Å². The number of pyridine rings is 1. The van der Waals surface area contributed by atoms with Gasteiger partial charge in [0.2, 0.25) is 0 Å². The van der Waals surface area contributed by atoms with Gasteiger partial charge in [-0.25, -0.2) is 0 Å². The van der Waals surface area contributed by atoms with Crippen LogP contribution in [-0.4, -0.2) is 16.4 Å². The van der Waals surface area contributed by atoms with Crippen LogP contribution < -0.4 is 0 Å². The first-order chi connectivity index (χ1) is 11.3. The van der Waals surface area contributed by atoms with Gasteiger partial charge in [0, 0.05) is 41.7 Å². The predicted octanol–water partition coefficient (Wildman–Crippen LogP) is 4.54. The lowest BCUT2D eigenvalue weighted by Gasteiger charge is -2.41. The van der Waals surface area contributed by atoms with Gasteiger partial charge in [0.15, 0.2) is 0 Å². The van der Waals surface area contributed by atoms with Crippen LogP contribution >= 0.6 is 11.6 Å². The van der Waals surface area contributed by atoms with Crippen LogP contribution in [0.3, 0.4) is 0 Å². The summed E-state index contributed by atoms with van der Waals surface area (Å²) in [7, 11) is 0. The first-order valence-electron chi connectivity index (χ1n) is 8.18. The summed E-state index contributed by atoms with van der Waals surface area (Å²) in [5, 5.41) is 1.92. The molecule has 3 aromatic rings. The van der Waals surface area contributed by atoms with Crippen molar-refractivity contribution in [3.05, 3.63) is 75.9 Å². The number of hydrogen-bond donors (Lipinski definition) is 0. The molecule has 23 heavy (non-hydrogen) atoms. The van der Waals surface area contributed by atoms with Crippen molar-refractivity contribution >= 4 is 22.5 Å². The van der Waals surface area contributed by atoms with E-state index in [1.165, 1.54) is 22.4 Å². The van der Waals surface area contributed by atoms with Gasteiger partial charge in [-0.15, -0.1) is 0 Å².